The minimum Gasteiger partial charge on any atom is -0.460 e. The Morgan fingerprint density at radius 3 is 2.46 bits per heavy atom. The van der Waals surface area contributed by atoms with Crippen LogP contribution in [0.1, 0.15) is 30.4 Å². The van der Waals surface area contributed by atoms with Gasteiger partial charge in [-0.05, 0) is 43.9 Å². The minimum atomic E-state index is -3.71. The Morgan fingerprint density at radius 1 is 1.08 bits per heavy atom. The molecule has 0 saturated carbocycles. The van der Waals surface area contributed by atoms with E-state index in [1.54, 1.807) is 30.3 Å². The number of carbonyl (C=O) groups is 1. The molecule has 138 valence electrons. The second kappa shape index (κ2) is 8.01. The molecule has 1 atom stereocenters. The first kappa shape index (κ1) is 18.6. The molecule has 1 aliphatic rings. The number of benzene rings is 2. The standard InChI is InChI=1S/C20H23NO4S/c1-16-10-12-17(13-11-16)15-25-20(22)19-9-5-6-14-21(19)26(23,24)18-7-3-2-4-8-18/h2-4,7-8,10-13,19H,5-6,9,14-15H2,1H3. The number of carbonyl (C=O) groups excluding carboxylic acids is 1. The van der Waals surface area contributed by atoms with Crippen molar-refractivity contribution in [2.45, 2.75) is 43.7 Å². The summed E-state index contributed by atoms with van der Waals surface area (Å²) in [7, 11) is -3.71. The lowest BCUT2D eigenvalue weighted by Crippen LogP contribution is -2.48. The molecular weight excluding hydrogens is 350 g/mol. The van der Waals surface area contributed by atoms with Crippen LogP contribution in [0.3, 0.4) is 0 Å². The fourth-order valence-corrected chi connectivity index (χ4v) is 4.76. The van der Waals surface area contributed by atoms with Crippen molar-refractivity contribution in [1.29, 1.82) is 0 Å². The van der Waals surface area contributed by atoms with Gasteiger partial charge in [0, 0.05) is 6.54 Å². The summed E-state index contributed by atoms with van der Waals surface area (Å²) in [5.41, 5.74) is 2.02. The molecule has 5 nitrogen and oxygen atoms in total. The number of rotatable bonds is 5. The van der Waals surface area contributed by atoms with Crippen LogP contribution in [0.5, 0.6) is 0 Å². The molecule has 0 spiro atoms. The molecule has 0 amide bonds. The molecule has 1 unspecified atom stereocenters. The van der Waals surface area contributed by atoms with E-state index < -0.39 is 22.0 Å². The van der Waals surface area contributed by atoms with Crippen LogP contribution >= 0.6 is 0 Å². The lowest BCUT2D eigenvalue weighted by molar-refractivity contribution is -0.150. The molecule has 1 fully saturated rings. The highest BCUT2D eigenvalue weighted by Gasteiger charge is 2.38. The summed E-state index contributed by atoms with van der Waals surface area (Å²) in [6.07, 6.45) is 2.04. The molecule has 26 heavy (non-hydrogen) atoms. The number of hydrogen-bond donors (Lipinski definition) is 0. The van der Waals surface area contributed by atoms with E-state index in [9.17, 15) is 13.2 Å². The van der Waals surface area contributed by atoms with E-state index >= 15 is 0 Å². The molecule has 0 bridgehead atoms. The van der Waals surface area contributed by atoms with Crippen molar-refractivity contribution in [2.75, 3.05) is 6.54 Å². The SMILES string of the molecule is Cc1ccc(COC(=O)C2CCCCN2S(=O)(=O)c2ccccc2)cc1. The normalized spacial score (nSPS) is 18.4. The third-order valence-corrected chi connectivity index (χ3v) is 6.50. The number of esters is 1. The van der Waals surface area contributed by atoms with Crippen molar-refractivity contribution in [3.05, 3.63) is 65.7 Å². The topological polar surface area (TPSA) is 63.7 Å². The second-order valence-electron chi connectivity index (χ2n) is 6.53. The van der Waals surface area contributed by atoms with Gasteiger partial charge < -0.3 is 4.74 Å². The molecule has 0 aliphatic carbocycles. The average Bonchev–Trinajstić information content (AvgIpc) is 2.68. The number of piperidine rings is 1. The van der Waals surface area contributed by atoms with Gasteiger partial charge in [-0.25, -0.2) is 8.42 Å². The average molecular weight is 373 g/mol. The quantitative estimate of drug-likeness (QED) is 0.755. The second-order valence-corrected chi connectivity index (χ2v) is 8.42. The van der Waals surface area contributed by atoms with Crippen LogP contribution in [0.25, 0.3) is 0 Å². The van der Waals surface area contributed by atoms with Crippen molar-refractivity contribution in [1.82, 2.24) is 4.31 Å². The van der Waals surface area contributed by atoms with Gasteiger partial charge in [0.25, 0.3) is 0 Å². The monoisotopic (exact) mass is 373 g/mol. The smallest absolute Gasteiger partial charge is 0.324 e. The van der Waals surface area contributed by atoms with Gasteiger partial charge in [-0.1, -0.05) is 48.0 Å². The summed E-state index contributed by atoms with van der Waals surface area (Å²) >= 11 is 0. The number of hydrogen-bond acceptors (Lipinski definition) is 4. The van der Waals surface area contributed by atoms with Crippen LogP contribution in [-0.2, 0) is 26.2 Å². The largest absolute Gasteiger partial charge is 0.460 e. The highest BCUT2D eigenvalue weighted by molar-refractivity contribution is 7.89. The Kier molecular flexibility index (Phi) is 5.74. The third-order valence-electron chi connectivity index (χ3n) is 4.58. The minimum absolute atomic E-state index is 0.148. The summed E-state index contributed by atoms with van der Waals surface area (Å²) in [6.45, 7) is 2.47. The fourth-order valence-electron chi connectivity index (χ4n) is 3.09. The van der Waals surface area contributed by atoms with E-state index in [1.807, 2.05) is 31.2 Å². The summed E-state index contributed by atoms with van der Waals surface area (Å²) < 4.78 is 32.6. The van der Waals surface area contributed by atoms with E-state index in [-0.39, 0.29) is 11.5 Å². The number of ether oxygens (including phenoxy) is 1. The zero-order valence-corrected chi connectivity index (χ0v) is 15.6. The van der Waals surface area contributed by atoms with Crippen LogP contribution in [0, 0.1) is 6.92 Å². The predicted octanol–water partition coefficient (Wildman–Crippen LogP) is 3.28. The molecule has 2 aromatic rings. The Hall–Kier alpha value is -2.18. The predicted molar refractivity (Wildman–Crippen MR) is 98.9 cm³/mol. The van der Waals surface area contributed by atoms with Gasteiger partial charge in [-0.2, -0.15) is 4.31 Å². The summed E-state index contributed by atoms with van der Waals surface area (Å²) in [6, 6.07) is 15.2. The third kappa shape index (κ3) is 4.14. The maximum Gasteiger partial charge on any atom is 0.324 e. The van der Waals surface area contributed by atoms with Crippen molar-refractivity contribution >= 4 is 16.0 Å². The van der Waals surface area contributed by atoms with Crippen molar-refractivity contribution in [3.8, 4) is 0 Å². The highest BCUT2D eigenvalue weighted by atomic mass is 32.2. The molecule has 1 saturated heterocycles. The first-order valence-electron chi connectivity index (χ1n) is 8.77. The van der Waals surface area contributed by atoms with Crippen molar-refractivity contribution in [2.24, 2.45) is 0 Å². The molecule has 3 rings (SSSR count). The van der Waals surface area contributed by atoms with Gasteiger partial charge >= 0.3 is 5.97 Å². The zero-order valence-electron chi connectivity index (χ0n) is 14.8. The molecule has 0 radical (unpaired) electrons. The van der Waals surface area contributed by atoms with Crippen LogP contribution in [0.4, 0.5) is 0 Å². The van der Waals surface area contributed by atoms with Gasteiger partial charge in [-0.3, -0.25) is 4.79 Å². The summed E-state index contributed by atoms with van der Waals surface area (Å²) in [4.78, 5) is 12.8. The van der Waals surface area contributed by atoms with Crippen molar-refractivity contribution in [3.63, 3.8) is 0 Å². The van der Waals surface area contributed by atoms with Gasteiger partial charge in [0.2, 0.25) is 10.0 Å². The van der Waals surface area contributed by atoms with E-state index in [0.717, 1.165) is 24.0 Å². The van der Waals surface area contributed by atoms with E-state index in [1.165, 1.54) is 4.31 Å². The van der Waals surface area contributed by atoms with Gasteiger partial charge in [-0.15, -0.1) is 0 Å². The van der Waals surface area contributed by atoms with Crippen LogP contribution in [-0.4, -0.2) is 31.3 Å². The maximum absolute atomic E-state index is 12.9. The molecule has 0 N–H and O–H groups in total. The highest BCUT2D eigenvalue weighted by Crippen LogP contribution is 2.26. The van der Waals surface area contributed by atoms with Gasteiger partial charge in [0.1, 0.15) is 12.6 Å². The molecule has 6 heteroatoms. The first-order chi connectivity index (χ1) is 12.5. The molecule has 1 aliphatic heterocycles. The first-order valence-corrected chi connectivity index (χ1v) is 10.2. The number of sulfonamides is 1. The molecule has 2 aromatic carbocycles. The lowest BCUT2D eigenvalue weighted by Gasteiger charge is -2.33. The lowest BCUT2D eigenvalue weighted by atomic mass is 10.1. The van der Waals surface area contributed by atoms with Crippen molar-refractivity contribution < 1.29 is 17.9 Å². The zero-order chi connectivity index (χ0) is 18.6. The van der Waals surface area contributed by atoms with Crippen LogP contribution in [0.2, 0.25) is 0 Å². The summed E-state index contributed by atoms with van der Waals surface area (Å²) in [5, 5.41) is 0. The maximum atomic E-state index is 12.9. The Balaban J connectivity index is 1.74. The number of nitrogens with zero attached hydrogens (tertiary/aromatic N) is 1. The van der Waals surface area contributed by atoms with Crippen LogP contribution < -0.4 is 0 Å². The number of aryl methyl sites for hydroxylation is 1. The summed E-state index contributed by atoms with van der Waals surface area (Å²) in [5.74, 6) is -0.482. The fraction of sp³-hybridized carbons (Fsp3) is 0.350. The van der Waals surface area contributed by atoms with E-state index in [0.29, 0.717) is 13.0 Å². The molecular formula is C20H23NO4S. The molecule has 1 heterocycles. The van der Waals surface area contributed by atoms with Crippen LogP contribution in [0.15, 0.2) is 59.5 Å². The Bertz CT molecular complexity index is 847. The van der Waals surface area contributed by atoms with Gasteiger partial charge in [0.05, 0.1) is 4.90 Å². The van der Waals surface area contributed by atoms with E-state index in [4.69, 9.17) is 4.74 Å². The Labute approximate surface area is 154 Å². The molecule has 0 aromatic heterocycles. The van der Waals surface area contributed by atoms with E-state index in [2.05, 4.69) is 0 Å². The Morgan fingerprint density at radius 2 is 1.77 bits per heavy atom. The van der Waals surface area contributed by atoms with Gasteiger partial charge in [0.15, 0.2) is 0 Å².